The summed E-state index contributed by atoms with van der Waals surface area (Å²) in [7, 11) is 0. The van der Waals surface area contributed by atoms with Crippen LogP contribution in [0.15, 0.2) is 6.33 Å². The minimum Gasteiger partial charge on any atom is -0.387 e. The Labute approximate surface area is 181 Å². The van der Waals surface area contributed by atoms with Gasteiger partial charge in [-0.1, -0.05) is 19.3 Å². The van der Waals surface area contributed by atoms with E-state index >= 15 is 0 Å². The van der Waals surface area contributed by atoms with E-state index in [9.17, 15) is 15.0 Å². The fraction of sp³-hybridized carbons (Fsp3) is 0.667. The van der Waals surface area contributed by atoms with Gasteiger partial charge < -0.3 is 25.6 Å². The van der Waals surface area contributed by atoms with Crippen LogP contribution in [0.25, 0.3) is 11.2 Å². The van der Waals surface area contributed by atoms with E-state index in [1.165, 1.54) is 25.6 Å². The maximum Gasteiger partial charge on any atom is 0.252 e. The molecule has 4 rings (SSSR count). The number of imidazole rings is 1. The van der Waals surface area contributed by atoms with Gasteiger partial charge >= 0.3 is 0 Å². The van der Waals surface area contributed by atoms with Crippen LogP contribution in [0.3, 0.4) is 0 Å². The molecular weight excluding hydrogens is 491 g/mol. The van der Waals surface area contributed by atoms with E-state index in [4.69, 9.17) is 4.74 Å². The third kappa shape index (κ3) is 4.05. The Kier molecular flexibility index (Phi) is 6.18. The number of aromatic nitrogens is 4. The molecule has 1 amide bonds. The number of carbonyl (C=O) groups excluding carboxylic acids is 1. The van der Waals surface area contributed by atoms with E-state index in [0.29, 0.717) is 33.4 Å². The summed E-state index contributed by atoms with van der Waals surface area (Å²) in [6, 6.07) is 0.347. The van der Waals surface area contributed by atoms with Crippen LogP contribution in [0.2, 0.25) is 0 Å². The van der Waals surface area contributed by atoms with Crippen molar-refractivity contribution in [2.75, 3.05) is 11.9 Å². The number of fused-ring (bicyclic) bond motifs is 1. The molecule has 2 aromatic heterocycles. The van der Waals surface area contributed by atoms with Crippen LogP contribution in [0, 0.1) is 3.83 Å². The summed E-state index contributed by atoms with van der Waals surface area (Å²) in [5.74, 6) is 0.188. The molecule has 4 N–H and O–H groups in total. The van der Waals surface area contributed by atoms with Gasteiger partial charge in [0, 0.05) is 35.2 Å². The van der Waals surface area contributed by atoms with E-state index in [2.05, 4.69) is 25.6 Å². The molecule has 1 aliphatic carbocycles. The number of likely N-dealkylation sites (N-methyl/N-ethyl adjacent to an activating group) is 1. The fourth-order valence-corrected chi connectivity index (χ4v) is 4.47. The first kappa shape index (κ1) is 20.7. The molecule has 2 fully saturated rings. The molecule has 29 heavy (non-hydrogen) atoms. The van der Waals surface area contributed by atoms with Gasteiger partial charge in [0.15, 0.2) is 33.1 Å². The first-order valence-corrected chi connectivity index (χ1v) is 11.0. The third-order valence-electron chi connectivity index (χ3n) is 5.46. The summed E-state index contributed by atoms with van der Waals surface area (Å²) in [4.78, 5) is 25.5. The van der Waals surface area contributed by atoms with Crippen molar-refractivity contribution < 1.29 is 19.7 Å². The SMILES string of the molecule is CCNC(=O)C1O[C@@H](n2cnc3c(NC4CCCCC4)nc(I)nc32)[C@H](O)[C@@H]1O. The van der Waals surface area contributed by atoms with E-state index in [-0.39, 0.29) is 0 Å². The normalized spacial score (nSPS) is 28.0. The molecule has 1 aliphatic heterocycles. The predicted octanol–water partition coefficient (Wildman–Crippen LogP) is 0.931. The number of anilines is 1. The highest BCUT2D eigenvalue weighted by Crippen LogP contribution is 2.33. The second-order valence-corrected chi connectivity index (χ2v) is 8.43. The molecule has 0 aromatic carbocycles. The summed E-state index contributed by atoms with van der Waals surface area (Å²) in [6.07, 6.45) is 2.56. The summed E-state index contributed by atoms with van der Waals surface area (Å²) < 4.78 is 7.80. The lowest BCUT2D eigenvalue weighted by Gasteiger charge is -2.23. The number of carbonyl (C=O) groups is 1. The van der Waals surface area contributed by atoms with Crippen molar-refractivity contribution in [3.8, 4) is 0 Å². The number of rotatable bonds is 5. The van der Waals surface area contributed by atoms with Gasteiger partial charge in [-0.3, -0.25) is 9.36 Å². The number of aliphatic hydroxyl groups excluding tert-OH is 2. The molecule has 3 heterocycles. The first-order chi connectivity index (χ1) is 14.0. The zero-order valence-corrected chi connectivity index (χ0v) is 18.2. The van der Waals surface area contributed by atoms with E-state index < -0.39 is 30.4 Å². The van der Waals surface area contributed by atoms with Gasteiger partial charge in [0.25, 0.3) is 5.91 Å². The molecule has 11 heteroatoms. The average molecular weight is 516 g/mol. The van der Waals surface area contributed by atoms with Crippen molar-refractivity contribution >= 4 is 45.5 Å². The van der Waals surface area contributed by atoms with Gasteiger partial charge in [-0.15, -0.1) is 0 Å². The van der Waals surface area contributed by atoms with Crippen molar-refractivity contribution in [1.29, 1.82) is 0 Å². The Hall–Kier alpha value is -1.57. The van der Waals surface area contributed by atoms with Crippen molar-refractivity contribution in [1.82, 2.24) is 24.8 Å². The van der Waals surface area contributed by atoms with Crippen LogP contribution in [-0.4, -0.2) is 66.5 Å². The number of nitrogens with one attached hydrogen (secondary N) is 2. The van der Waals surface area contributed by atoms with E-state index in [1.54, 1.807) is 11.5 Å². The lowest BCUT2D eigenvalue weighted by molar-refractivity contribution is -0.137. The molecule has 2 aliphatic rings. The molecule has 1 saturated heterocycles. The maximum absolute atomic E-state index is 12.1. The number of amides is 1. The highest BCUT2D eigenvalue weighted by Gasteiger charge is 2.47. The second kappa shape index (κ2) is 8.66. The van der Waals surface area contributed by atoms with Gasteiger partial charge in [-0.2, -0.15) is 0 Å². The zero-order chi connectivity index (χ0) is 20.5. The largest absolute Gasteiger partial charge is 0.387 e. The van der Waals surface area contributed by atoms with Crippen LogP contribution in [0.5, 0.6) is 0 Å². The van der Waals surface area contributed by atoms with Gasteiger partial charge in [0.1, 0.15) is 12.2 Å². The van der Waals surface area contributed by atoms with Crippen molar-refractivity contribution in [3.63, 3.8) is 0 Å². The topological polar surface area (TPSA) is 134 Å². The highest BCUT2D eigenvalue weighted by molar-refractivity contribution is 14.1. The lowest BCUT2D eigenvalue weighted by Crippen LogP contribution is -2.42. The van der Waals surface area contributed by atoms with E-state index in [1.807, 2.05) is 22.6 Å². The van der Waals surface area contributed by atoms with Crippen molar-refractivity contribution in [2.45, 2.75) is 69.6 Å². The molecule has 0 spiro atoms. The van der Waals surface area contributed by atoms with Crippen LogP contribution in [0.4, 0.5) is 5.82 Å². The van der Waals surface area contributed by atoms with Crippen LogP contribution >= 0.6 is 22.6 Å². The number of nitrogens with zero attached hydrogens (tertiary/aromatic N) is 4. The summed E-state index contributed by atoms with van der Waals surface area (Å²) in [5, 5.41) is 26.9. The monoisotopic (exact) mass is 516 g/mol. The Morgan fingerprint density at radius 3 is 2.76 bits per heavy atom. The number of halogens is 1. The second-order valence-electron chi connectivity index (χ2n) is 7.47. The third-order valence-corrected chi connectivity index (χ3v) is 5.94. The molecule has 0 bridgehead atoms. The van der Waals surface area contributed by atoms with Crippen LogP contribution in [0.1, 0.15) is 45.3 Å². The number of aliphatic hydroxyl groups is 2. The van der Waals surface area contributed by atoms with Crippen LogP contribution < -0.4 is 10.6 Å². The number of hydrogen-bond donors (Lipinski definition) is 4. The van der Waals surface area contributed by atoms with Crippen LogP contribution in [-0.2, 0) is 9.53 Å². The molecule has 4 atom stereocenters. The minimum atomic E-state index is -1.34. The summed E-state index contributed by atoms with van der Waals surface area (Å²) in [5.41, 5.74) is 1.05. The lowest BCUT2D eigenvalue weighted by atomic mass is 9.95. The average Bonchev–Trinajstić information content (AvgIpc) is 3.24. The van der Waals surface area contributed by atoms with Gasteiger partial charge in [0.05, 0.1) is 6.33 Å². The molecule has 2 aromatic rings. The Morgan fingerprint density at radius 1 is 1.28 bits per heavy atom. The summed E-state index contributed by atoms with van der Waals surface area (Å²) in [6.45, 7) is 2.18. The minimum absolute atomic E-state index is 0.347. The summed E-state index contributed by atoms with van der Waals surface area (Å²) >= 11 is 2.04. The smallest absolute Gasteiger partial charge is 0.252 e. The fourth-order valence-electron chi connectivity index (χ4n) is 4.00. The van der Waals surface area contributed by atoms with E-state index in [0.717, 1.165) is 12.8 Å². The Morgan fingerprint density at radius 2 is 2.03 bits per heavy atom. The van der Waals surface area contributed by atoms with Crippen molar-refractivity contribution in [2.24, 2.45) is 0 Å². The Bertz CT molecular complexity index is 887. The molecular formula is C18H25IN6O4. The molecule has 1 unspecified atom stereocenters. The van der Waals surface area contributed by atoms with Crippen molar-refractivity contribution in [3.05, 3.63) is 10.2 Å². The molecule has 1 saturated carbocycles. The standard InChI is InChI=1S/C18H25IN6O4/c1-2-20-16(28)13-11(26)12(27)17(29-13)25-8-21-10-14(23-18(19)24-15(10)25)22-9-6-4-3-5-7-9/h8-9,11-13,17,26-27H,2-7H2,1H3,(H,20,28)(H,22,23,24)/t11-,12+,13?,17+/m0/s1. The quantitative estimate of drug-likeness (QED) is 0.341. The molecule has 10 nitrogen and oxygen atoms in total. The highest BCUT2D eigenvalue weighted by atomic mass is 127. The number of ether oxygens (including phenoxy) is 1. The first-order valence-electron chi connectivity index (χ1n) is 9.95. The van der Waals surface area contributed by atoms with Gasteiger partial charge in [-0.05, 0) is 19.8 Å². The molecule has 0 radical (unpaired) electrons. The maximum atomic E-state index is 12.1. The molecule has 158 valence electrons. The van der Waals surface area contributed by atoms with Gasteiger partial charge in [-0.25, -0.2) is 15.0 Å². The predicted molar refractivity (Wildman–Crippen MR) is 113 cm³/mol. The zero-order valence-electron chi connectivity index (χ0n) is 16.1. The van der Waals surface area contributed by atoms with Gasteiger partial charge in [0.2, 0.25) is 0 Å². The Balaban J connectivity index is 1.64. The number of hydrogen-bond acceptors (Lipinski definition) is 8.